The number of aliphatic hydroxyl groups is 1. The summed E-state index contributed by atoms with van der Waals surface area (Å²) in [4.78, 5) is 4.39. The molecule has 2 rings (SSSR count). The van der Waals surface area contributed by atoms with Gasteiger partial charge in [-0.25, -0.2) is 8.78 Å². The molecule has 2 atom stereocenters. The predicted octanol–water partition coefficient (Wildman–Crippen LogP) is 3.94. The molecule has 0 saturated heterocycles. The molecule has 2 unspecified atom stereocenters. The first kappa shape index (κ1) is 24.1. The van der Waals surface area contributed by atoms with Crippen molar-refractivity contribution in [1.82, 2.24) is 10.6 Å². The van der Waals surface area contributed by atoms with E-state index in [2.05, 4.69) is 15.6 Å². The molecule has 0 radical (unpaired) electrons. The van der Waals surface area contributed by atoms with Crippen LogP contribution in [0.4, 0.5) is 8.78 Å². The van der Waals surface area contributed by atoms with Crippen molar-refractivity contribution in [2.75, 3.05) is 20.2 Å². The van der Waals surface area contributed by atoms with Crippen LogP contribution in [0.1, 0.15) is 37.1 Å². The summed E-state index contributed by atoms with van der Waals surface area (Å²) in [5, 5.41) is 16.6. The van der Waals surface area contributed by atoms with E-state index in [1.54, 1.807) is 31.4 Å². The lowest BCUT2D eigenvalue weighted by atomic mass is 10.1. The van der Waals surface area contributed by atoms with Crippen molar-refractivity contribution in [3.05, 3.63) is 65.2 Å². The molecule has 154 valence electrons. The van der Waals surface area contributed by atoms with Crippen molar-refractivity contribution in [3.8, 4) is 5.75 Å². The Bertz CT molecular complexity index is 790. The van der Waals surface area contributed by atoms with Gasteiger partial charge in [0, 0.05) is 6.54 Å². The van der Waals surface area contributed by atoms with Gasteiger partial charge in [0.25, 0.3) is 0 Å². The number of rotatable bonds is 7. The van der Waals surface area contributed by atoms with Gasteiger partial charge < -0.3 is 20.5 Å². The van der Waals surface area contributed by atoms with Crippen molar-refractivity contribution in [2.45, 2.75) is 26.0 Å². The fourth-order valence-electron chi connectivity index (χ4n) is 2.52. The molecule has 0 aliphatic rings. The molecule has 0 heterocycles. The molecule has 0 saturated carbocycles. The molecule has 0 aromatic heterocycles. The molecule has 0 bridgehead atoms. The van der Waals surface area contributed by atoms with Crippen molar-refractivity contribution < 1.29 is 18.6 Å². The van der Waals surface area contributed by atoms with Gasteiger partial charge in [-0.3, -0.25) is 4.99 Å². The van der Waals surface area contributed by atoms with Gasteiger partial charge in [0.2, 0.25) is 0 Å². The summed E-state index contributed by atoms with van der Waals surface area (Å²) in [6, 6.07) is 10.6. The average molecular weight is 505 g/mol. The van der Waals surface area contributed by atoms with Crippen LogP contribution in [0.15, 0.2) is 47.5 Å². The third-order valence-electron chi connectivity index (χ3n) is 4.04. The van der Waals surface area contributed by atoms with Gasteiger partial charge in [-0.2, -0.15) is 0 Å². The summed E-state index contributed by atoms with van der Waals surface area (Å²) in [6.07, 6.45) is -0.797. The lowest BCUT2D eigenvalue weighted by molar-refractivity contribution is 0.186. The molecule has 2 aromatic carbocycles. The average Bonchev–Trinajstić information content (AvgIpc) is 2.68. The molecule has 0 fully saturated rings. The largest absolute Gasteiger partial charge is 0.497 e. The highest BCUT2D eigenvalue weighted by molar-refractivity contribution is 14.0. The van der Waals surface area contributed by atoms with E-state index in [1.165, 1.54) is 6.07 Å². The number of nitrogens with zero attached hydrogens (tertiary/aromatic N) is 1. The molecule has 3 N–H and O–H groups in total. The number of methoxy groups -OCH3 is 1. The minimum absolute atomic E-state index is 0. The SMILES string of the molecule is CCNC(=NCC(O)c1cccc(OC)c1)NC(C)c1ccc(F)c(F)c1.I. The monoisotopic (exact) mass is 505 g/mol. The molecule has 0 aliphatic heterocycles. The first-order valence-corrected chi connectivity index (χ1v) is 8.76. The number of aliphatic imine (C=N–C) groups is 1. The van der Waals surface area contributed by atoms with Crippen molar-refractivity contribution in [3.63, 3.8) is 0 Å². The van der Waals surface area contributed by atoms with Crippen LogP contribution in [0.2, 0.25) is 0 Å². The van der Waals surface area contributed by atoms with Gasteiger partial charge in [0.1, 0.15) is 5.75 Å². The van der Waals surface area contributed by atoms with Gasteiger partial charge in [0.15, 0.2) is 17.6 Å². The Balaban J connectivity index is 0.00000392. The number of hydrogen-bond donors (Lipinski definition) is 3. The Hall–Kier alpha value is -1.94. The van der Waals surface area contributed by atoms with E-state index in [4.69, 9.17) is 4.74 Å². The van der Waals surface area contributed by atoms with Crippen LogP contribution in [-0.2, 0) is 0 Å². The second kappa shape index (κ2) is 11.8. The highest BCUT2D eigenvalue weighted by atomic mass is 127. The van der Waals surface area contributed by atoms with E-state index >= 15 is 0 Å². The number of ether oxygens (including phenoxy) is 1. The fourth-order valence-corrected chi connectivity index (χ4v) is 2.52. The predicted molar refractivity (Wildman–Crippen MR) is 117 cm³/mol. The van der Waals surface area contributed by atoms with Crippen LogP contribution in [0.25, 0.3) is 0 Å². The summed E-state index contributed by atoms with van der Waals surface area (Å²) in [5.41, 5.74) is 1.29. The van der Waals surface area contributed by atoms with Crippen LogP contribution < -0.4 is 15.4 Å². The number of benzene rings is 2. The summed E-state index contributed by atoms with van der Waals surface area (Å²) >= 11 is 0. The zero-order chi connectivity index (χ0) is 19.8. The standard InChI is InChI=1S/C20H25F2N3O2.HI/c1-4-23-20(25-13(2)14-8-9-17(21)18(22)11-14)24-12-19(26)15-6-5-7-16(10-15)27-3;/h5-11,13,19,26H,4,12H2,1-3H3,(H2,23,24,25);1H. The third kappa shape index (κ3) is 6.90. The fraction of sp³-hybridized carbons (Fsp3) is 0.350. The van der Waals surface area contributed by atoms with Crippen LogP contribution in [-0.4, -0.2) is 31.3 Å². The van der Waals surface area contributed by atoms with Crippen molar-refractivity contribution in [2.24, 2.45) is 4.99 Å². The van der Waals surface area contributed by atoms with Crippen molar-refractivity contribution in [1.29, 1.82) is 0 Å². The normalized spacial score (nSPS) is 13.3. The topological polar surface area (TPSA) is 65.9 Å². The van der Waals surface area contributed by atoms with Gasteiger partial charge in [-0.05, 0) is 49.2 Å². The maximum atomic E-state index is 13.4. The van der Waals surface area contributed by atoms with Crippen LogP contribution in [0.3, 0.4) is 0 Å². The zero-order valence-electron chi connectivity index (χ0n) is 16.1. The summed E-state index contributed by atoms with van der Waals surface area (Å²) in [7, 11) is 1.57. The van der Waals surface area contributed by atoms with Crippen LogP contribution in [0.5, 0.6) is 5.75 Å². The van der Waals surface area contributed by atoms with Crippen LogP contribution in [0, 0.1) is 11.6 Å². The lowest BCUT2D eigenvalue weighted by Crippen LogP contribution is -2.39. The smallest absolute Gasteiger partial charge is 0.191 e. The van der Waals surface area contributed by atoms with E-state index in [1.807, 2.05) is 13.8 Å². The quantitative estimate of drug-likeness (QED) is 0.303. The van der Waals surface area contributed by atoms with E-state index in [0.717, 1.165) is 12.1 Å². The van der Waals surface area contributed by atoms with Gasteiger partial charge >= 0.3 is 0 Å². The van der Waals surface area contributed by atoms with E-state index < -0.39 is 17.7 Å². The maximum absolute atomic E-state index is 13.4. The highest BCUT2D eigenvalue weighted by Gasteiger charge is 2.12. The summed E-state index contributed by atoms with van der Waals surface area (Å²) in [5.74, 6) is -0.645. The Kier molecular flexibility index (Phi) is 10.2. The van der Waals surface area contributed by atoms with E-state index in [-0.39, 0.29) is 36.6 Å². The molecule has 0 amide bonds. The third-order valence-corrected chi connectivity index (χ3v) is 4.04. The van der Waals surface area contributed by atoms with Gasteiger partial charge in [-0.1, -0.05) is 18.2 Å². The number of guanidine groups is 1. The Morgan fingerprint density at radius 2 is 1.89 bits per heavy atom. The Morgan fingerprint density at radius 1 is 1.14 bits per heavy atom. The van der Waals surface area contributed by atoms with Crippen molar-refractivity contribution >= 4 is 29.9 Å². The molecule has 2 aromatic rings. The Morgan fingerprint density at radius 3 is 2.54 bits per heavy atom. The highest BCUT2D eigenvalue weighted by Crippen LogP contribution is 2.19. The van der Waals surface area contributed by atoms with E-state index in [0.29, 0.717) is 29.4 Å². The molecule has 5 nitrogen and oxygen atoms in total. The molecule has 0 aliphatic carbocycles. The molecular formula is C20H26F2IN3O2. The van der Waals surface area contributed by atoms with Crippen LogP contribution >= 0.6 is 24.0 Å². The second-order valence-corrected chi connectivity index (χ2v) is 6.05. The van der Waals surface area contributed by atoms with Gasteiger partial charge in [0.05, 0.1) is 25.8 Å². The number of halogens is 3. The first-order valence-electron chi connectivity index (χ1n) is 8.76. The molecule has 0 spiro atoms. The summed E-state index contributed by atoms with van der Waals surface area (Å²) < 4.78 is 31.7. The Labute approximate surface area is 181 Å². The lowest BCUT2D eigenvalue weighted by Gasteiger charge is -2.19. The number of aliphatic hydroxyl groups excluding tert-OH is 1. The maximum Gasteiger partial charge on any atom is 0.191 e. The van der Waals surface area contributed by atoms with E-state index in [9.17, 15) is 13.9 Å². The molecular weight excluding hydrogens is 479 g/mol. The minimum atomic E-state index is -0.892. The molecule has 28 heavy (non-hydrogen) atoms. The van der Waals surface area contributed by atoms with Gasteiger partial charge in [-0.15, -0.1) is 24.0 Å². The zero-order valence-corrected chi connectivity index (χ0v) is 18.4. The number of nitrogens with one attached hydrogen (secondary N) is 2. The minimum Gasteiger partial charge on any atom is -0.497 e. The first-order chi connectivity index (χ1) is 12.9. The number of hydrogen-bond acceptors (Lipinski definition) is 3. The second-order valence-electron chi connectivity index (χ2n) is 6.05. The molecule has 8 heteroatoms. The summed E-state index contributed by atoms with van der Waals surface area (Å²) in [6.45, 7) is 4.48.